The number of ether oxygens (including phenoxy) is 1. The Labute approximate surface area is 200 Å². The minimum atomic E-state index is -4.37. The molecule has 0 saturated heterocycles. The van der Waals surface area contributed by atoms with Crippen LogP contribution >= 0.6 is 11.3 Å². The second-order valence-electron chi connectivity index (χ2n) is 7.54. The molecule has 1 aliphatic heterocycles. The molecule has 2 atom stereocenters. The van der Waals surface area contributed by atoms with E-state index in [9.17, 15) is 21.6 Å². The Morgan fingerprint density at radius 3 is 2.56 bits per heavy atom. The van der Waals surface area contributed by atoms with Crippen LogP contribution in [0.25, 0.3) is 0 Å². The van der Waals surface area contributed by atoms with Gasteiger partial charge in [-0.15, -0.1) is 11.3 Å². The molecule has 1 unspecified atom stereocenters. The molecule has 4 N–H and O–H groups in total. The number of benzene rings is 1. The van der Waals surface area contributed by atoms with Gasteiger partial charge in [0.2, 0.25) is 0 Å². The third-order valence-electron chi connectivity index (χ3n) is 5.07. The SMILES string of the molecule is CCN[C@H]1CC(C)S(=O)(=O)c2sc(S(=O)(=O)NC(=O)OCc3cccc(CON(O)O)c3)cc21. The van der Waals surface area contributed by atoms with E-state index in [1.54, 1.807) is 35.9 Å². The van der Waals surface area contributed by atoms with Crippen LogP contribution in [-0.4, -0.2) is 50.5 Å². The summed E-state index contributed by atoms with van der Waals surface area (Å²) < 4.78 is 57.4. The standard InChI is InChI=1S/C19H25N3O9S3/c1-3-20-16-7-12(2)33(26,27)18-15(16)9-17(32-18)34(28,29)21-19(23)30-10-13-5-4-6-14(8-13)11-31-22(24)25/h4-6,8-9,12,16,20,24-25H,3,7,10-11H2,1-2H3,(H,21,23)/t12?,16-/m0/s1. The maximum absolute atomic E-state index is 12.7. The Balaban J connectivity index is 1.70. The van der Waals surface area contributed by atoms with Crippen molar-refractivity contribution in [3.8, 4) is 0 Å². The third-order valence-corrected chi connectivity index (χ3v) is 10.8. The molecule has 188 valence electrons. The van der Waals surface area contributed by atoms with Crippen LogP contribution in [0.3, 0.4) is 0 Å². The third kappa shape index (κ3) is 6.11. The topological polar surface area (TPSA) is 172 Å². The number of rotatable bonds is 9. The zero-order chi connectivity index (χ0) is 25.1. The van der Waals surface area contributed by atoms with E-state index in [-0.39, 0.29) is 27.7 Å². The number of thiophene rings is 1. The highest BCUT2D eigenvalue weighted by Gasteiger charge is 2.39. The number of carbonyl (C=O) groups excluding carboxylic acids is 1. The van der Waals surface area contributed by atoms with Crippen molar-refractivity contribution in [2.24, 2.45) is 0 Å². The molecule has 1 aromatic carbocycles. The van der Waals surface area contributed by atoms with Gasteiger partial charge < -0.3 is 10.1 Å². The molecule has 1 aliphatic rings. The van der Waals surface area contributed by atoms with E-state index < -0.39 is 36.6 Å². The first-order valence-corrected chi connectivity index (χ1v) is 14.0. The number of carbonyl (C=O) groups is 1. The molecular weight excluding hydrogens is 510 g/mol. The summed E-state index contributed by atoms with van der Waals surface area (Å²) in [6.07, 6.45) is -0.919. The molecule has 0 aliphatic carbocycles. The van der Waals surface area contributed by atoms with Crippen LogP contribution in [0, 0.1) is 0 Å². The Morgan fingerprint density at radius 1 is 1.24 bits per heavy atom. The predicted molar refractivity (Wildman–Crippen MR) is 119 cm³/mol. The van der Waals surface area contributed by atoms with Gasteiger partial charge in [0, 0.05) is 11.6 Å². The Bertz CT molecular complexity index is 1240. The molecule has 1 amide bonds. The molecule has 0 bridgehead atoms. The quantitative estimate of drug-likeness (QED) is 0.346. The van der Waals surface area contributed by atoms with Gasteiger partial charge in [0.25, 0.3) is 10.0 Å². The summed E-state index contributed by atoms with van der Waals surface area (Å²) in [5, 5.41) is 19.3. The van der Waals surface area contributed by atoms with Crippen molar-refractivity contribution in [3.05, 3.63) is 47.0 Å². The highest BCUT2D eigenvalue weighted by atomic mass is 32.3. The lowest BCUT2D eigenvalue weighted by molar-refractivity contribution is -0.497. The second-order valence-corrected chi connectivity index (χ2v) is 13.1. The smallest absolute Gasteiger partial charge is 0.421 e. The van der Waals surface area contributed by atoms with Crippen molar-refractivity contribution >= 4 is 37.3 Å². The van der Waals surface area contributed by atoms with Crippen molar-refractivity contribution in [2.45, 2.75) is 53.2 Å². The number of nitrogens with zero attached hydrogens (tertiary/aromatic N) is 1. The van der Waals surface area contributed by atoms with Crippen LogP contribution < -0.4 is 10.0 Å². The van der Waals surface area contributed by atoms with E-state index in [0.29, 0.717) is 41.0 Å². The summed E-state index contributed by atoms with van der Waals surface area (Å²) >= 11 is 0.604. The number of amides is 1. The number of hydrogen-bond acceptors (Lipinski definition) is 12. The molecule has 2 heterocycles. The van der Waals surface area contributed by atoms with Gasteiger partial charge in [0.15, 0.2) is 9.84 Å². The number of nitrogens with one attached hydrogen (secondary N) is 2. The molecule has 34 heavy (non-hydrogen) atoms. The zero-order valence-corrected chi connectivity index (χ0v) is 20.7. The van der Waals surface area contributed by atoms with Gasteiger partial charge in [-0.05, 0) is 37.1 Å². The molecule has 2 aromatic rings. The number of hydrogen-bond donors (Lipinski definition) is 4. The number of fused-ring (bicyclic) bond motifs is 1. The van der Waals surface area contributed by atoms with Gasteiger partial charge in [-0.1, -0.05) is 31.2 Å². The first-order chi connectivity index (χ1) is 15.9. The van der Waals surface area contributed by atoms with Crippen molar-refractivity contribution in [2.75, 3.05) is 6.54 Å². The van der Waals surface area contributed by atoms with Gasteiger partial charge in [0.1, 0.15) is 15.0 Å². The minimum absolute atomic E-state index is 0.0192. The van der Waals surface area contributed by atoms with Crippen LogP contribution in [0.5, 0.6) is 0 Å². The molecule has 1 aromatic heterocycles. The zero-order valence-electron chi connectivity index (χ0n) is 18.3. The largest absolute Gasteiger partial charge is 0.444 e. The van der Waals surface area contributed by atoms with E-state index in [4.69, 9.17) is 15.2 Å². The van der Waals surface area contributed by atoms with E-state index in [1.165, 1.54) is 6.07 Å². The van der Waals surface area contributed by atoms with Gasteiger partial charge in [-0.25, -0.2) is 31.2 Å². The summed E-state index contributed by atoms with van der Waals surface area (Å²) in [5.41, 5.74) is 1.41. The molecule has 3 rings (SSSR count). The Hall–Kier alpha value is -2.11. The maximum atomic E-state index is 12.7. The highest BCUT2D eigenvalue weighted by Crippen LogP contribution is 2.42. The van der Waals surface area contributed by atoms with Crippen molar-refractivity contribution < 1.29 is 41.6 Å². The molecule has 12 nitrogen and oxygen atoms in total. The lowest BCUT2D eigenvalue weighted by atomic mass is 10.1. The first-order valence-electron chi connectivity index (χ1n) is 10.1. The predicted octanol–water partition coefficient (Wildman–Crippen LogP) is 2.09. The fourth-order valence-electron chi connectivity index (χ4n) is 3.45. The summed E-state index contributed by atoms with van der Waals surface area (Å²) in [6.45, 7) is 3.58. The van der Waals surface area contributed by atoms with Crippen molar-refractivity contribution in [1.82, 2.24) is 15.4 Å². The monoisotopic (exact) mass is 535 g/mol. The normalized spacial score (nSPS) is 19.6. The molecular formula is C19H25N3O9S3. The van der Waals surface area contributed by atoms with Crippen LogP contribution in [0.1, 0.15) is 43.0 Å². The summed E-state index contributed by atoms with van der Waals surface area (Å²) in [7, 11) is -8.04. The van der Waals surface area contributed by atoms with Crippen molar-refractivity contribution in [1.29, 1.82) is 0 Å². The number of sulfone groups is 1. The van der Waals surface area contributed by atoms with Gasteiger partial charge in [-0.2, -0.15) is 0 Å². The lowest BCUT2D eigenvalue weighted by Gasteiger charge is -2.27. The maximum Gasteiger partial charge on any atom is 0.421 e. The second kappa shape index (κ2) is 10.7. The van der Waals surface area contributed by atoms with E-state index in [1.807, 2.05) is 6.92 Å². The molecule has 0 fully saturated rings. The fourth-order valence-corrected chi connectivity index (χ4v) is 8.34. The van der Waals surface area contributed by atoms with Crippen LogP contribution in [0.15, 0.2) is 38.8 Å². The number of sulfonamides is 1. The van der Waals surface area contributed by atoms with E-state index in [2.05, 4.69) is 10.2 Å². The fraction of sp³-hybridized carbons (Fsp3) is 0.421. The van der Waals surface area contributed by atoms with E-state index >= 15 is 0 Å². The Morgan fingerprint density at radius 2 is 1.91 bits per heavy atom. The average Bonchev–Trinajstić information content (AvgIpc) is 3.23. The molecule has 0 spiro atoms. The van der Waals surface area contributed by atoms with Gasteiger partial charge >= 0.3 is 6.09 Å². The first kappa shape index (κ1) is 26.5. The average molecular weight is 536 g/mol. The van der Waals surface area contributed by atoms with Crippen LogP contribution in [0.4, 0.5) is 4.79 Å². The minimum Gasteiger partial charge on any atom is -0.444 e. The summed E-state index contributed by atoms with van der Waals surface area (Å²) in [4.78, 5) is 16.7. The lowest BCUT2D eigenvalue weighted by Crippen LogP contribution is -2.33. The van der Waals surface area contributed by atoms with Crippen LogP contribution in [0.2, 0.25) is 0 Å². The summed E-state index contributed by atoms with van der Waals surface area (Å²) in [5.74, 6) is 0. The van der Waals surface area contributed by atoms with Gasteiger partial charge in [-0.3, -0.25) is 10.4 Å². The molecule has 0 saturated carbocycles. The van der Waals surface area contributed by atoms with Crippen molar-refractivity contribution in [3.63, 3.8) is 0 Å². The van der Waals surface area contributed by atoms with Crippen LogP contribution in [-0.2, 0) is 42.6 Å². The van der Waals surface area contributed by atoms with Gasteiger partial charge in [0.05, 0.1) is 17.2 Å². The Kier molecular flexibility index (Phi) is 8.30. The molecule has 0 radical (unpaired) electrons. The van der Waals surface area contributed by atoms with E-state index in [0.717, 1.165) is 0 Å². The summed E-state index contributed by atoms with van der Waals surface area (Å²) in [6, 6.07) is 7.38. The highest BCUT2D eigenvalue weighted by molar-refractivity contribution is 7.95. The molecule has 15 heteroatoms.